The number of rotatable bonds is 10. The second kappa shape index (κ2) is 10.2. The van der Waals surface area contributed by atoms with E-state index in [1.54, 1.807) is 4.90 Å². The smallest absolute Gasteiger partial charge is 0.303 e. The molecule has 1 saturated carbocycles. The highest BCUT2D eigenvalue weighted by molar-refractivity contribution is 5.81. The molecule has 1 unspecified atom stereocenters. The monoisotopic (exact) mass is 347 g/mol. The fourth-order valence-electron chi connectivity index (χ4n) is 3.28. The molecule has 0 saturated heterocycles. The predicted octanol–water partition coefficient (Wildman–Crippen LogP) is 3.62. The van der Waals surface area contributed by atoms with Crippen molar-refractivity contribution in [2.75, 3.05) is 6.54 Å². The molecule has 1 atom stereocenters. The summed E-state index contributed by atoms with van der Waals surface area (Å²) in [5.74, 6) is -0.856. The van der Waals surface area contributed by atoms with Gasteiger partial charge in [0.25, 0.3) is 5.91 Å². The maximum atomic E-state index is 13.0. The predicted molar refractivity (Wildman–Crippen MR) is 96.1 cm³/mol. The maximum absolute atomic E-state index is 13.0. The summed E-state index contributed by atoms with van der Waals surface area (Å²) in [5, 5.41) is 8.87. The van der Waals surface area contributed by atoms with E-state index in [4.69, 9.17) is 9.84 Å². The van der Waals surface area contributed by atoms with E-state index in [2.05, 4.69) is 0 Å². The average molecular weight is 347 g/mol. The first-order valence-electron chi connectivity index (χ1n) is 9.30. The van der Waals surface area contributed by atoms with Crippen molar-refractivity contribution in [3.8, 4) is 0 Å². The van der Waals surface area contributed by atoms with Crippen molar-refractivity contribution in [3.63, 3.8) is 0 Å². The minimum atomic E-state index is -0.832. The van der Waals surface area contributed by atoms with E-state index in [-0.39, 0.29) is 18.4 Å². The number of carboxylic acid groups (broad SMARTS) is 1. The van der Waals surface area contributed by atoms with Crippen molar-refractivity contribution in [2.24, 2.45) is 0 Å². The highest BCUT2D eigenvalue weighted by Gasteiger charge is 2.28. The van der Waals surface area contributed by atoms with Gasteiger partial charge in [0.15, 0.2) is 0 Å². The van der Waals surface area contributed by atoms with Gasteiger partial charge in [-0.15, -0.1) is 0 Å². The Morgan fingerprint density at radius 1 is 1.24 bits per heavy atom. The summed E-state index contributed by atoms with van der Waals surface area (Å²) in [6.45, 7) is 2.89. The minimum absolute atomic E-state index is 0.0244. The molecule has 1 aromatic rings. The van der Waals surface area contributed by atoms with Crippen LogP contribution in [0.15, 0.2) is 30.3 Å². The van der Waals surface area contributed by atoms with E-state index < -0.39 is 12.1 Å². The van der Waals surface area contributed by atoms with Gasteiger partial charge >= 0.3 is 5.97 Å². The maximum Gasteiger partial charge on any atom is 0.303 e. The van der Waals surface area contributed by atoms with Crippen LogP contribution in [-0.4, -0.2) is 40.6 Å². The molecule has 1 aliphatic carbocycles. The summed E-state index contributed by atoms with van der Waals surface area (Å²) >= 11 is 0. The molecule has 0 radical (unpaired) electrons. The van der Waals surface area contributed by atoms with Crippen LogP contribution in [-0.2, 0) is 20.9 Å². The first-order chi connectivity index (χ1) is 12.1. The normalized spacial score (nSPS) is 15.9. The zero-order valence-electron chi connectivity index (χ0n) is 15.0. The first-order valence-corrected chi connectivity index (χ1v) is 9.30. The summed E-state index contributed by atoms with van der Waals surface area (Å²) < 4.78 is 6.06. The van der Waals surface area contributed by atoms with Crippen molar-refractivity contribution >= 4 is 11.9 Å². The van der Waals surface area contributed by atoms with Crippen LogP contribution in [0.3, 0.4) is 0 Å². The number of aliphatic carboxylic acids is 1. The Morgan fingerprint density at radius 2 is 1.92 bits per heavy atom. The topological polar surface area (TPSA) is 66.8 Å². The van der Waals surface area contributed by atoms with Gasteiger partial charge in [-0.2, -0.15) is 0 Å². The van der Waals surface area contributed by atoms with Gasteiger partial charge < -0.3 is 14.7 Å². The third-order valence-electron chi connectivity index (χ3n) is 4.65. The molecule has 0 aliphatic heterocycles. The number of amides is 1. The zero-order chi connectivity index (χ0) is 18.1. The van der Waals surface area contributed by atoms with Crippen LogP contribution in [0.4, 0.5) is 0 Å². The molecule has 1 amide bonds. The summed E-state index contributed by atoms with van der Waals surface area (Å²) in [7, 11) is 0. The zero-order valence-corrected chi connectivity index (χ0v) is 15.0. The third kappa shape index (κ3) is 6.50. The fourth-order valence-corrected chi connectivity index (χ4v) is 3.28. The number of carbonyl (C=O) groups excluding carboxylic acids is 1. The van der Waals surface area contributed by atoms with E-state index in [0.717, 1.165) is 18.4 Å². The third-order valence-corrected chi connectivity index (χ3v) is 4.65. The average Bonchev–Trinajstić information content (AvgIpc) is 3.12. The molecule has 1 fully saturated rings. The molecule has 0 heterocycles. The quantitative estimate of drug-likeness (QED) is 0.702. The van der Waals surface area contributed by atoms with Gasteiger partial charge in [-0.25, -0.2) is 0 Å². The molecule has 5 heteroatoms. The van der Waals surface area contributed by atoms with Gasteiger partial charge in [-0.1, -0.05) is 50.1 Å². The Hall–Kier alpha value is -1.88. The Labute approximate surface area is 150 Å². The molecular formula is C20H29NO4. The van der Waals surface area contributed by atoms with Crippen LogP contribution in [0.25, 0.3) is 0 Å². The molecule has 25 heavy (non-hydrogen) atoms. The van der Waals surface area contributed by atoms with E-state index in [0.29, 0.717) is 25.9 Å². The van der Waals surface area contributed by atoms with Crippen LogP contribution in [0.5, 0.6) is 0 Å². The highest BCUT2D eigenvalue weighted by atomic mass is 16.5. The standard InChI is InChI=1S/C20H29NO4/c1-2-18(25-17-11-6-7-12-17)20(24)21(14-8-13-19(22)23)15-16-9-4-3-5-10-16/h3-5,9-10,17-18H,2,6-8,11-15H2,1H3,(H,22,23). The largest absolute Gasteiger partial charge is 0.481 e. The summed E-state index contributed by atoms with van der Waals surface area (Å²) in [6, 6.07) is 9.80. The van der Waals surface area contributed by atoms with Crippen LogP contribution >= 0.6 is 0 Å². The van der Waals surface area contributed by atoms with Crippen LogP contribution in [0, 0.1) is 0 Å². The molecule has 138 valence electrons. The summed E-state index contributed by atoms with van der Waals surface area (Å²) in [6.07, 6.45) is 5.31. The van der Waals surface area contributed by atoms with Crippen molar-refractivity contribution < 1.29 is 19.4 Å². The van der Waals surface area contributed by atoms with E-state index in [1.165, 1.54) is 12.8 Å². The van der Waals surface area contributed by atoms with Crippen molar-refractivity contribution in [1.82, 2.24) is 4.90 Å². The Bertz CT molecular complexity index is 540. The SMILES string of the molecule is CCC(OC1CCCC1)C(=O)N(CCCC(=O)O)Cc1ccccc1. The Morgan fingerprint density at radius 3 is 2.52 bits per heavy atom. The second-order valence-corrected chi connectivity index (χ2v) is 6.68. The molecule has 1 aliphatic rings. The van der Waals surface area contributed by atoms with Gasteiger partial charge in [0.2, 0.25) is 0 Å². The molecule has 0 bridgehead atoms. The number of ether oxygens (including phenoxy) is 1. The molecule has 1 aromatic carbocycles. The van der Waals surface area contributed by atoms with Gasteiger partial charge in [-0.3, -0.25) is 9.59 Å². The summed E-state index contributed by atoms with van der Waals surface area (Å²) in [5.41, 5.74) is 1.04. The van der Waals surface area contributed by atoms with Gasteiger partial charge in [0, 0.05) is 19.5 Å². The number of nitrogens with zero attached hydrogens (tertiary/aromatic N) is 1. The Balaban J connectivity index is 2.01. The molecule has 2 rings (SSSR count). The minimum Gasteiger partial charge on any atom is -0.481 e. The van der Waals surface area contributed by atoms with Gasteiger partial charge in [0.1, 0.15) is 6.10 Å². The van der Waals surface area contributed by atoms with Gasteiger partial charge in [-0.05, 0) is 31.2 Å². The Kier molecular flexibility index (Phi) is 7.92. The summed E-state index contributed by atoms with van der Waals surface area (Å²) in [4.78, 5) is 25.5. The molecule has 1 N–H and O–H groups in total. The lowest BCUT2D eigenvalue weighted by Gasteiger charge is -2.28. The highest BCUT2D eigenvalue weighted by Crippen LogP contribution is 2.24. The second-order valence-electron chi connectivity index (χ2n) is 6.68. The van der Waals surface area contributed by atoms with Crippen LogP contribution in [0.2, 0.25) is 0 Å². The number of hydrogen-bond donors (Lipinski definition) is 1. The number of carboxylic acids is 1. The van der Waals surface area contributed by atoms with Crippen molar-refractivity contribution in [3.05, 3.63) is 35.9 Å². The number of benzene rings is 1. The van der Waals surface area contributed by atoms with Crippen molar-refractivity contribution in [1.29, 1.82) is 0 Å². The fraction of sp³-hybridized carbons (Fsp3) is 0.600. The molecular weight excluding hydrogens is 318 g/mol. The van der Waals surface area contributed by atoms with Crippen LogP contribution in [0.1, 0.15) is 57.4 Å². The van der Waals surface area contributed by atoms with Crippen molar-refractivity contribution in [2.45, 2.75) is 70.6 Å². The lowest BCUT2D eigenvalue weighted by Crippen LogP contribution is -2.41. The van der Waals surface area contributed by atoms with E-state index >= 15 is 0 Å². The van der Waals surface area contributed by atoms with Crippen LogP contribution < -0.4 is 0 Å². The van der Waals surface area contributed by atoms with Gasteiger partial charge in [0.05, 0.1) is 6.10 Å². The van der Waals surface area contributed by atoms with E-state index in [1.807, 2.05) is 37.3 Å². The first kappa shape index (κ1) is 19.4. The number of carbonyl (C=O) groups is 2. The lowest BCUT2D eigenvalue weighted by atomic mass is 10.1. The molecule has 5 nitrogen and oxygen atoms in total. The molecule has 0 aromatic heterocycles. The molecule has 0 spiro atoms. The van der Waals surface area contributed by atoms with E-state index in [9.17, 15) is 9.59 Å². The number of hydrogen-bond acceptors (Lipinski definition) is 3. The lowest BCUT2D eigenvalue weighted by molar-refractivity contribution is -0.149.